The van der Waals surface area contributed by atoms with Crippen LogP contribution in [0.2, 0.25) is 0 Å². The highest BCUT2D eigenvalue weighted by Crippen LogP contribution is 2.29. The molecule has 0 atom stereocenters. The number of sulfonamides is 1. The zero-order chi connectivity index (χ0) is 14.1. The molecule has 0 unspecified atom stereocenters. The van der Waals surface area contributed by atoms with E-state index in [1.165, 1.54) is 4.31 Å². The summed E-state index contributed by atoms with van der Waals surface area (Å²) in [5.41, 5.74) is 7.79. The lowest BCUT2D eigenvalue weighted by molar-refractivity contribution is 0.369. The summed E-state index contributed by atoms with van der Waals surface area (Å²) >= 11 is 0. The number of nitrogens with zero attached hydrogens (tertiary/aromatic N) is 1. The largest absolute Gasteiger partial charge is 0.397 e. The first-order chi connectivity index (χ1) is 8.23. The van der Waals surface area contributed by atoms with E-state index in [-0.39, 0.29) is 10.9 Å². The average Bonchev–Trinajstić information content (AvgIpc) is 2.23. The fourth-order valence-electron chi connectivity index (χ4n) is 2.08. The van der Waals surface area contributed by atoms with E-state index in [4.69, 9.17) is 5.73 Å². The van der Waals surface area contributed by atoms with E-state index >= 15 is 0 Å². The maximum Gasteiger partial charge on any atom is 0.245 e. The SMILES string of the molecule is CCN(C(C)C)S(=O)(=O)c1c(C)ccc(C)c1N. The second kappa shape index (κ2) is 5.28. The van der Waals surface area contributed by atoms with Crippen molar-refractivity contribution in [3.8, 4) is 0 Å². The Morgan fingerprint density at radius 2 is 1.72 bits per heavy atom. The molecule has 0 aromatic heterocycles. The fraction of sp³-hybridized carbons (Fsp3) is 0.538. The summed E-state index contributed by atoms with van der Waals surface area (Å²) in [6.07, 6.45) is 0. The number of anilines is 1. The van der Waals surface area contributed by atoms with E-state index in [9.17, 15) is 8.42 Å². The Labute approximate surface area is 110 Å². The molecule has 1 rings (SSSR count). The minimum atomic E-state index is -3.53. The molecule has 0 spiro atoms. The fourth-order valence-corrected chi connectivity index (χ4v) is 4.12. The molecule has 0 saturated heterocycles. The van der Waals surface area contributed by atoms with Crippen molar-refractivity contribution in [1.29, 1.82) is 0 Å². The van der Waals surface area contributed by atoms with Gasteiger partial charge in [0.15, 0.2) is 0 Å². The number of aryl methyl sites for hydroxylation is 2. The molecule has 2 N–H and O–H groups in total. The minimum Gasteiger partial charge on any atom is -0.397 e. The first-order valence-electron chi connectivity index (χ1n) is 6.11. The molecule has 1 aromatic rings. The minimum absolute atomic E-state index is 0.0840. The smallest absolute Gasteiger partial charge is 0.245 e. The van der Waals surface area contributed by atoms with Gasteiger partial charge >= 0.3 is 0 Å². The van der Waals surface area contributed by atoms with Crippen LogP contribution in [0.4, 0.5) is 5.69 Å². The summed E-state index contributed by atoms with van der Waals surface area (Å²) in [5.74, 6) is 0. The van der Waals surface area contributed by atoms with Crippen LogP contribution in [-0.4, -0.2) is 25.3 Å². The highest BCUT2D eigenvalue weighted by Gasteiger charge is 2.29. The van der Waals surface area contributed by atoms with Crippen LogP contribution in [-0.2, 0) is 10.0 Å². The van der Waals surface area contributed by atoms with Crippen molar-refractivity contribution in [1.82, 2.24) is 4.31 Å². The van der Waals surface area contributed by atoms with Gasteiger partial charge in [-0.05, 0) is 38.8 Å². The van der Waals surface area contributed by atoms with E-state index in [1.54, 1.807) is 13.0 Å². The van der Waals surface area contributed by atoms with Gasteiger partial charge in [-0.15, -0.1) is 0 Å². The lowest BCUT2D eigenvalue weighted by Gasteiger charge is -2.26. The Morgan fingerprint density at radius 3 is 2.17 bits per heavy atom. The van der Waals surface area contributed by atoms with Crippen molar-refractivity contribution in [2.75, 3.05) is 12.3 Å². The molecule has 0 bridgehead atoms. The van der Waals surface area contributed by atoms with Gasteiger partial charge in [-0.1, -0.05) is 19.1 Å². The van der Waals surface area contributed by atoms with E-state index in [1.807, 2.05) is 33.8 Å². The third-order valence-corrected chi connectivity index (χ3v) is 5.42. The number of nitrogens with two attached hydrogens (primary N) is 1. The van der Waals surface area contributed by atoms with Gasteiger partial charge in [-0.3, -0.25) is 0 Å². The van der Waals surface area contributed by atoms with Crippen LogP contribution in [0.1, 0.15) is 31.9 Å². The maximum atomic E-state index is 12.6. The summed E-state index contributed by atoms with van der Waals surface area (Å²) in [6.45, 7) is 9.59. The van der Waals surface area contributed by atoms with Gasteiger partial charge in [0.05, 0.1) is 5.69 Å². The molecule has 0 aliphatic carbocycles. The first kappa shape index (κ1) is 15.0. The monoisotopic (exact) mass is 270 g/mol. The van der Waals surface area contributed by atoms with Crippen LogP contribution in [0.5, 0.6) is 0 Å². The summed E-state index contributed by atoms with van der Waals surface area (Å²) in [6, 6.07) is 3.56. The van der Waals surface area contributed by atoms with Crippen LogP contribution in [0.3, 0.4) is 0 Å². The van der Waals surface area contributed by atoms with Crippen LogP contribution in [0, 0.1) is 13.8 Å². The molecule has 0 amide bonds. The Morgan fingerprint density at radius 1 is 1.22 bits per heavy atom. The highest BCUT2D eigenvalue weighted by molar-refractivity contribution is 7.89. The molecule has 102 valence electrons. The van der Waals surface area contributed by atoms with Gasteiger partial charge < -0.3 is 5.73 Å². The lowest BCUT2D eigenvalue weighted by atomic mass is 10.1. The number of hydrogen-bond acceptors (Lipinski definition) is 3. The van der Waals surface area contributed by atoms with Gasteiger partial charge in [0.2, 0.25) is 10.0 Å². The number of benzene rings is 1. The molecule has 0 aliphatic rings. The predicted molar refractivity (Wildman–Crippen MR) is 75.0 cm³/mol. The second-order valence-electron chi connectivity index (χ2n) is 4.74. The molecule has 18 heavy (non-hydrogen) atoms. The van der Waals surface area contributed by atoms with Gasteiger partial charge in [-0.2, -0.15) is 4.31 Å². The van der Waals surface area contributed by atoms with Gasteiger partial charge in [0.25, 0.3) is 0 Å². The Bertz CT molecular complexity index is 536. The van der Waals surface area contributed by atoms with Crippen molar-refractivity contribution in [2.45, 2.75) is 45.6 Å². The van der Waals surface area contributed by atoms with Crippen LogP contribution in [0.25, 0.3) is 0 Å². The second-order valence-corrected chi connectivity index (χ2v) is 6.57. The molecule has 1 aromatic carbocycles. The summed E-state index contributed by atoms with van der Waals surface area (Å²) < 4.78 is 26.8. The van der Waals surface area contributed by atoms with Crippen LogP contribution >= 0.6 is 0 Å². The van der Waals surface area contributed by atoms with Crippen LogP contribution < -0.4 is 5.73 Å². The summed E-state index contributed by atoms with van der Waals surface area (Å²) in [4.78, 5) is 0.248. The molecule has 4 nitrogen and oxygen atoms in total. The van der Waals surface area contributed by atoms with E-state index < -0.39 is 10.0 Å². The van der Waals surface area contributed by atoms with E-state index in [0.717, 1.165) is 5.56 Å². The van der Waals surface area contributed by atoms with Crippen molar-refractivity contribution in [2.24, 2.45) is 0 Å². The van der Waals surface area contributed by atoms with Crippen molar-refractivity contribution in [3.05, 3.63) is 23.3 Å². The van der Waals surface area contributed by atoms with Crippen molar-refractivity contribution >= 4 is 15.7 Å². The summed E-state index contributed by atoms with van der Waals surface area (Å²) in [5, 5.41) is 0. The predicted octanol–water partition coefficient (Wildman–Crippen LogP) is 2.30. The Kier molecular flexibility index (Phi) is 4.40. The van der Waals surface area contributed by atoms with Gasteiger partial charge in [0, 0.05) is 12.6 Å². The summed E-state index contributed by atoms with van der Waals surface area (Å²) in [7, 11) is -3.53. The Balaban J connectivity index is 3.51. The molecule has 5 heteroatoms. The average molecular weight is 270 g/mol. The topological polar surface area (TPSA) is 63.4 Å². The third-order valence-electron chi connectivity index (χ3n) is 3.07. The maximum absolute atomic E-state index is 12.6. The molecular weight excluding hydrogens is 248 g/mol. The molecule has 0 aliphatic heterocycles. The number of hydrogen-bond donors (Lipinski definition) is 1. The standard InChI is InChI=1S/C13H22N2O2S/c1-6-15(9(2)3)18(16,17)13-11(5)8-7-10(4)12(13)14/h7-9H,6,14H2,1-5H3. The molecular formula is C13H22N2O2S. The molecule has 0 saturated carbocycles. The third kappa shape index (κ3) is 2.52. The number of nitrogen functional groups attached to an aromatic ring is 1. The highest BCUT2D eigenvalue weighted by atomic mass is 32.2. The molecule has 0 fully saturated rings. The number of rotatable bonds is 4. The van der Waals surface area contributed by atoms with Gasteiger partial charge in [-0.25, -0.2) is 8.42 Å². The quantitative estimate of drug-likeness (QED) is 0.854. The lowest BCUT2D eigenvalue weighted by Crippen LogP contribution is -2.37. The molecule has 0 radical (unpaired) electrons. The van der Waals surface area contributed by atoms with E-state index in [0.29, 0.717) is 17.8 Å². The normalized spacial score (nSPS) is 12.4. The van der Waals surface area contributed by atoms with E-state index in [2.05, 4.69) is 0 Å². The van der Waals surface area contributed by atoms with Gasteiger partial charge in [0.1, 0.15) is 4.90 Å². The van der Waals surface area contributed by atoms with Crippen molar-refractivity contribution in [3.63, 3.8) is 0 Å². The first-order valence-corrected chi connectivity index (χ1v) is 7.55. The van der Waals surface area contributed by atoms with Crippen LogP contribution in [0.15, 0.2) is 17.0 Å². The zero-order valence-corrected chi connectivity index (χ0v) is 12.5. The zero-order valence-electron chi connectivity index (χ0n) is 11.7. The Hall–Kier alpha value is -1.07. The molecule has 0 heterocycles. The van der Waals surface area contributed by atoms with Crippen molar-refractivity contribution < 1.29 is 8.42 Å².